The minimum absolute atomic E-state index is 0.0252. The molecule has 5 nitrogen and oxygen atoms in total. The lowest BCUT2D eigenvalue weighted by Gasteiger charge is -2.06. The Bertz CT molecular complexity index is 715. The zero-order valence-corrected chi connectivity index (χ0v) is 13.2. The zero-order valence-electron chi connectivity index (χ0n) is 10.9. The van der Waals surface area contributed by atoms with Crippen molar-refractivity contribution in [3.05, 3.63) is 59.7 Å². The summed E-state index contributed by atoms with van der Waals surface area (Å²) in [6.45, 7) is 2.30. The number of nitro benzene ring substituents is 1. The van der Waals surface area contributed by atoms with Crippen molar-refractivity contribution in [3.8, 4) is 0 Å². The minimum Gasteiger partial charge on any atom is -0.348 e. The van der Waals surface area contributed by atoms with Crippen molar-refractivity contribution in [1.29, 1.82) is 0 Å². The maximum absolute atomic E-state index is 12.1. The van der Waals surface area contributed by atoms with Crippen LogP contribution in [0.3, 0.4) is 0 Å². The van der Waals surface area contributed by atoms with Crippen LogP contribution in [0, 0.1) is 17.0 Å². The van der Waals surface area contributed by atoms with Gasteiger partial charge in [0.2, 0.25) is 0 Å². The van der Waals surface area contributed by atoms with Gasteiger partial charge in [-0.15, -0.1) is 0 Å². The van der Waals surface area contributed by atoms with E-state index in [-0.39, 0.29) is 21.3 Å². The summed E-state index contributed by atoms with van der Waals surface area (Å²) in [6, 6.07) is 2.43. The molecule has 1 aromatic carbocycles. The number of carbonyl (C=O) groups excluding carboxylic acids is 1. The third-order valence-corrected chi connectivity index (χ3v) is 4.57. The molecule has 0 atom stereocenters. The highest BCUT2D eigenvalue weighted by atomic mass is 35.5. The fourth-order valence-electron chi connectivity index (χ4n) is 1.68. The van der Waals surface area contributed by atoms with Gasteiger partial charge in [-0.2, -0.15) is 11.3 Å². The largest absolute Gasteiger partial charge is 0.348 e. The second kappa shape index (κ2) is 6.43. The first-order chi connectivity index (χ1) is 9.90. The van der Waals surface area contributed by atoms with E-state index in [9.17, 15) is 14.9 Å². The summed E-state index contributed by atoms with van der Waals surface area (Å²) in [4.78, 5) is 22.3. The fraction of sp³-hybridized carbons (Fsp3) is 0.154. The van der Waals surface area contributed by atoms with E-state index in [1.807, 2.05) is 17.7 Å². The Balaban J connectivity index is 2.20. The van der Waals surface area contributed by atoms with E-state index in [1.54, 1.807) is 11.3 Å². The van der Waals surface area contributed by atoms with Gasteiger partial charge in [-0.25, -0.2) is 0 Å². The van der Waals surface area contributed by atoms with E-state index < -0.39 is 10.8 Å². The number of nitrogens with one attached hydrogen (secondary N) is 1. The molecule has 0 radical (unpaired) electrons. The zero-order chi connectivity index (χ0) is 15.6. The van der Waals surface area contributed by atoms with Crippen LogP contribution in [-0.2, 0) is 6.54 Å². The van der Waals surface area contributed by atoms with Crippen LogP contribution in [0.25, 0.3) is 0 Å². The molecular weight excluding hydrogens is 335 g/mol. The van der Waals surface area contributed by atoms with Crippen molar-refractivity contribution in [2.45, 2.75) is 13.5 Å². The molecule has 0 saturated heterocycles. The molecule has 0 unspecified atom stereocenters. The summed E-state index contributed by atoms with van der Waals surface area (Å²) in [6.07, 6.45) is 0. The van der Waals surface area contributed by atoms with Crippen LogP contribution in [0.1, 0.15) is 21.5 Å². The number of thiophene rings is 1. The van der Waals surface area contributed by atoms with Crippen LogP contribution < -0.4 is 5.32 Å². The quantitative estimate of drug-likeness (QED) is 0.667. The molecule has 110 valence electrons. The molecule has 0 spiro atoms. The number of hydrogen-bond donors (Lipinski definition) is 1. The van der Waals surface area contributed by atoms with Gasteiger partial charge in [0.15, 0.2) is 0 Å². The summed E-state index contributed by atoms with van der Waals surface area (Å²) >= 11 is 13.1. The Morgan fingerprint density at radius 3 is 2.67 bits per heavy atom. The number of nitro groups is 1. The molecular formula is C13H10Cl2N2O3S. The van der Waals surface area contributed by atoms with Gasteiger partial charge < -0.3 is 5.32 Å². The predicted octanol–water partition coefficient (Wildman–Crippen LogP) is 4.20. The summed E-state index contributed by atoms with van der Waals surface area (Å²) in [5.41, 5.74) is 1.80. The van der Waals surface area contributed by atoms with Gasteiger partial charge in [-0.1, -0.05) is 23.2 Å². The van der Waals surface area contributed by atoms with Crippen LogP contribution in [0.5, 0.6) is 0 Å². The highest BCUT2D eigenvalue weighted by Crippen LogP contribution is 2.33. The van der Waals surface area contributed by atoms with Crippen molar-refractivity contribution in [2.24, 2.45) is 0 Å². The molecule has 0 saturated carbocycles. The maximum atomic E-state index is 12.1. The van der Waals surface area contributed by atoms with Gasteiger partial charge >= 0.3 is 0 Å². The van der Waals surface area contributed by atoms with Crippen LogP contribution in [0.2, 0.25) is 10.0 Å². The Kier molecular flexibility index (Phi) is 4.82. The molecule has 2 aromatic rings. The van der Waals surface area contributed by atoms with Crippen LogP contribution >= 0.6 is 34.5 Å². The van der Waals surface area contributed by atoms with Gasteiger partial charge in [-0.05, 0) is 34.9 Å². The summed E-state index contributed by atoms with van der Waals surface area (Å²) < 4.78 is 0. The van der Waals surface area contributed by atoms with E-state index in [4.69, 9.17) is 23.2 Å². The SMILES string of the molecule is Cc1cscc1CNC(=O)c1cc(Cl)c(Cl)c([N+](=O)[O-])c1. The molecule has 1 aromatic heterocycles. The average molecular weight is 345 g/mol. The standard InChI is InChI=1S/C13H10Cl2N2O3S/c1-7-5-21-6-9(7)4-16-13(18)8-2-10(14)12(15)11(3-8)17(19)20/h2-3,5-6H,4H2,1H3,(H,16,18). The molecule has 0 bridgehead atoms. The van der Waals surface area contributed by atoms with E-state index in [2.05, 4.69) is 5.32 Å². The first-order valence-electron chi connectivity index (χ1n) is 5.83. The van der Waals surface area contributed by atoms with Crippen LogP contribution in [-0.4, -0.2) is 10.8 Å². The third kappa shape index (κ3) is 3.53. The van der Waals surface area contributed by atoms with Gasteiger partial charge in [0.25, 0.3) is 11.6 Å². The lowest BCUT2D eigenvalue weighted by atomic mass is 10.1. The summed E-state index contributed by atoms with van der Waals surface area (Å²) in [5.74, 6) is -0.442. The molecule has 8 heteroatoms. The van der Waals surface area contributed by atoms with Gasteiger partial charge in [-0.3, -0.25) is 14.9 Å². The predicted molar refractivity (Wildman–Crippen MR) is 83.3 cm³/mol. The molecule has 1 N–H and O–H groups in total. The second-order valence-electron chi connectivity index (χ2n) is 4.31. The molecule has 1 heterocycles. The normalized spacial score (nSPS) is 10.4. The summed E-state index contributed by atoms with van der Waals surface area (Å²) in [5, 5.41) is 17.3. The number of rotatable bonds is 4. The molecule has 21 heavy (non-hydrogen) atoms. The van der Waals surface area contributed by atoms with Crippen molar-refractivity contribution < 1.29 is 9.72 Å². The highest BCUT2D eigenvalue weighted by Gasteiger charge is 2.20. The van der Waals surface area contributed by atoms with Crippen molar-refractivity contribution in [3.63, 3.8) is 0 Å². The lowest BCUT2D eigenvalue weighted by Crippen LogP contribution is -2.23. The van der Waals surface area contributed by atoms with E-state index in [1.165, 1.54) is 6.07 Å². The van der Waals surface area contributed by atoms with Crippen molar-refractivity contribution in [1.82, 2.24) is 5.32 Å². The molecule has 2 rings (SSSR count). The van der Waals surface area contributed by atoms with Crippen molar-refractivity contribution >= 4 is 46.1 Å². The van der Waals surface area contributed by atoms with Gasteiger partial charge in [0.1, 0.15) is 5.02 Å². The smallest absolute Gasteiger partial charge is 0.290 e. The number of hydrogen-bond acceptors (Lipinski definition) is 4. The molecule has 0 aliphatic rings. The molecule has 0 aliphatic heterocycles. The fourth-order valence-corrected chi connectivity index (χ4v) is 2.93. The highest BCUT2D eigenvalue weighted by molar-refractivity contribution is 7.08. The maximum Gasteiger partial charge on any atom is 0.290 e. The Morgan fingerprint density at radius 2 is 2.10 bits per heavy atom. The van der Waals surface area contributed by atoms with Crippen LogP contribution in [0.15, 0.2) is 22.9 Å². The molecule has 1 amide bonds. The first kappa shape index (κ1) is 15.8. The van der Waals surface area contributed by atoms with E-state index >= 15 is 0 Å². The topological polar surface area (TPSA) is 72.2 Å². The second-order valence-corrected chi connectivity index (χ2v) is 5.84. The number of benzene rings is 1. The number of aryl methyl sites for hydroxylation is 1. The minimum atomic E-state index is -0.673. The molecule has 0 aliphatic carbocycles. The number of halogens is 2. The van der Waals surface area contributed by atoms with E-state index in [0.717, 1.165) is 17.2 Å². The number of nitrogens with zero attached hydrogens (tertiary/aromatic N) is 1. The Morgan fingerprint density at radius 1 is 1.38 bits per heavy atom. The Hall–Kier alpha value is -1.63. The number of amides is 1. The monoisotopic (exact) mass is 344 g/mol. The number of carbonyl (C=O) groups is 1. The third-order valence-electron chi connectivity index (χ3n) is 2.87. The molecule has 0 fully saturated rings. The van der Waals surface area contributed by atoms with Gasteiger partial charge in [0, 0.05) is 18.2 Å². The van der Waals surface area contributed by atoms with E-state index in [0.29, 0.717) is 6.54 Å². The average Bonchev–Trinajstić information content (AvgIpc) is 2.84. The van der Waals surface area contributed by atoms with Gasteiger partial charge in [0.05, 0.1) is 9.95 Å². The summed E-state index contributed by atoms with van der Waals surface area (Å²) in [7, 11) is 0. The first-order valence-corrected chi connectivity index (χ1v) is 7.53. The lowest BCUT2D eigenvalue weighted by molar-refractivity contribution is -0.384. The van der Waals surface area contributed by atoms with Crippen LogP contribution in [0.4, 0.5) is 5.69 Å². The Labute approximate surface area is 134 Å². The van der Waals surface area contributed by atoms with Crippen molar-refractivity contribution in [2.75, 3.05) is 0 Å².